The second kappa shape index (κ2) is 10.4. The number of halogens is 2. The van der Waals surface area contributed by atoms with Crippen LogP contribution in [0.1, 0.15) is 25.1 Å². The van der Waals surface area contributed by atoms with Crippen molar-refractivity contribution in [2.45, 2.75) is 33.0 Å². The van der Waals surface area contributed by atoms with Gasteiger partial charge in [-0.3, -0.25) is 14.6 Å². The largest absolute Gasteiger partial charge is 0.368 e. The lowest BCUT2D eigenvalue weighted by Crippen LogP contribution is -2.41. The molecule has 0 bridgehead atoms. The second-order valence-corrected chi connectivity index (χ2v) is 8.11. The topological polar surface area (TPSA) is 62.7 Å². The molecule has 1 aromatic heterocycles. The quantitative estimate of drug-likeness (QED) is 0.677. The van der Waals surface area contributed by atoms with Gasteiger partial charge in [-0.2, -0.15) is 0 Å². The number of hydrogen-bond donors (Lipinski definition) is 0. The van der Waals surface area contributed by atoms with E-state index in [9.17, 15) is 18.4 Å². The first-order valence-electron chi connectivity index (χ1n) is 10.3. The van der Waals surface area contributed by atoms with Gasteiger partial charge in [-0.05, 0) is 24.1 Å². The zero-order chi connectivity index (χ0) is 22.4. The number of carbonyl (C=O) groups excluding carboxylic acids is 2. The smallest absolute Gasteiger partial charge is 0.242 e. The Morgan fingerprint density at radius 1 is 1.19 bits per heavy atom. The molecule has 0 saturated carbocycles. The van der Waals surface area contributed by atoms with Crippen molar-refractivity contribution in [3.8, 4) is 0 Å². The van der Waals surface area contributed by atoms with Crippen molar-refractivity contribution >= 4 is 11.8 Å². The average Bonchev–Trinajstić information content (AvgIpc) is 2.89. The van der Waals surface area contributed by atoms with Crippen molar-refractivity contribution in [3.63, 3.8) is 0 Å². The molecular weight excluding hydrogens is 404 g/mol. The first kappa shape index (κ1) is 22.8. The van der Waals surface area contributed by atoms with Crippen molar-refractivity contribution < 1.29 is 23.1 Å². The minimum absolute atomic E-state index is 0.0355. The molecule has 1 aliphatic rings. The highest BCUT2D eigenvalue weighted by Crippen LogP contribution is 2.16. The van der Waals surface area contributed by atoms with Gasteiger partial charge in [-0.1, -0.05) is 32.0 Å². The van der Waals surface area contributed by atoms with Crippen LogP contribution in [0.2, 0.25) is 0 Å². The molecule has 2 heterocycles. The van der Waals surface area contributed by atoms with Gasteiger partial charge in [0.25, 0.3) is 0 Å². The summed E-state index contributed by atoms with van der Waals surface area (Å²) in [5.74, 6) is -2.43. The van der Waals surface area contributed by atoms with E-state index in [1.165, 1.54) is 17.0 Å². The number of pyridine rings is 1. The summed E-state index contributed by atoms with van der Waals surface area (Å²) in [7, 11) is 0. The number of amides is 2. The summed E-state index contributed by atoms with van der Waals surface area (Å²) in [6.45, 7) is 5.23. The maximum Gasteiger partial charge on any atom is 0.242 e. The standard InChI is InChI=1S/C23H27F2N3O3/c1-16(2)11-27-12-19(31-15-18-7-3-4-9-26-18)13-28(14-22(27)30)21(29)10-17-6-5-8-20(24)23(17)25/h3-9,16,19H,10-15H2,1-2H3. The Kier molecular flexibility index (Phi) is 7.68. The highest BCUT2D eigenvalue weighted by Gasteiger charge is 2.31. The normalized spacial score (nSPS) is 17.2. The highest BCUT2D eigenvalue weighted by atomic mass is 19.2. The zero-order valence-electron chi connectivity index (χ0n) is 17.8. The maximum absolute atomic E-state index is 14.0. The minimum atomic E-state index is -1.04. The van der Waals surface area contributed by atoms with Crippen molar-refractivity contribution in [2.75, 3.05) is 26.2 Å². The van der Waals surface area contributed by atoms with E-state index in [1.807, 2.05) is 32.0 Å². The molecule has 0 radical (unpaired) electrons. The number of nitrogens with zero attached hydrogens (tertiary/aromatic N) is 3. The highest BCUT2D eigenvalue weighted by molar-refractivity contribution is 5.86. The SMILES string of the molecule is CC(C)CN1CC(OCc2ccccn2)CN(C(=O)Cc2cccc(F)c2F)CC1=O. The number of benzene rings is 1. The van der Waals surface area contributed by atoms with E-state index in [0.717, 1.165) is 11.8 Å². The van der Waals surface area contributed by atoms with Crippen molar-refractivity contribution in [2.24, 2.45) is 5.92 Å². The lowest BCUT2D eigenvalue weighted by Gasteiger charge is -2.25. The molecule has 3 rings (SSSR count). The fraction of sp³-hybridized carbons (Fsp3) is 0.435. The number of aromatic nitrogens is 1. The lowest BCUT2D eigenvalue weighted by molar-refractivity contribution is -0.138. The van der Waals surface area contributed by atoms with Crippen molar-refractivity contribution in [1.82, 2.24) is 14.8 Å². The van der Waals surface area contributed by atoms with Gasteiger partial charge in [0.1, 0.15) is 0 Å². The van der Waals surface area contributed by atoms with E-state index in [2.05, 4.69) is 4.98 Å². The van der Waals surface area contributed by atoms with E-state index in [4.69, 9.17) is 4.74 Å². The van der Waals surface area contributed by atoms with Crippen molar-refractivity contribution in [3.05, 3.63) is 65.5 Å². The van der Waals surface area contributed by atoms with Crippen LogP contribution in [0.25, 0.3) is 0 Å². The number of ether oxygens (including phenoxy) is 1. The molecule has 0 spiro atoms. The molecule has 31 heavy (non-hydrogen) atoms. The van der Waals surface area contributed by atoms with Crippen LogP contribution in [0.4, 0.5) is 8.78 Å². The Hall–Kier alpha value is -2.87. The monoisotopic (exact) mass is 431 g/mol. The molecule has 166 valence electrons. The third kappa shape index (κ3) is 6.30. The molecule has 1 saturated heterocycles. The lowest BCUT2D eigenvalue weighted by atomic mass is 10.1. The van der Waals surface area contributed by atoms with Crippen LogP contribution < -0.4 is 0 Å². The van der Waals surface area contributed by atoms with Crippen molar-refractivity contribution in [1.29, 1.82) is 0 Å². The fourth-order valence-electron chi connectivity index (χ4n) is 3.54. The number of rotatable bonds is 7. The van der Waals surface area contributed by atoms with Gasteiger partial charge in [-0.15, -0.1) is 0 Å². The summed E-state index contributed by atoms with van der Waals surface area (Å²) in [6.07, 6.45) is 0.922. The van der Waals surface area contributed by atoms with Gasteiger partial charge in [-0.25, -0.2) is 8.78 Å². The van der Waals surface area contributed by atoms with E-state index < -0.39 is 23.6 Å². The molecule has 2 amide bonds. The maximum atomic E-state index is 14.0. The summed E-state index contributed by atoms with van der Waals surface area (Å²) in [5.41, 5.74) is 0.708. The van der Waals surface area contributed by atoms with E-state index in [0.29, 0.717) is 13.1 Å². The minimum Gasteiger partial charge on any atom is -0.368 e. The molecule has 0 aliphatic carbocycles. The Morgan fingerprint density at radius 3 is 2.71 bits per heavy atom. The summed E-state index contributed by atoms with van der Waals surface area (Å²) in [6, 6.07) is 9.24. The number of hydrogen-bond acceptors (Lipinski definition) is 4. The first-order valence-corrected chi connectivity index (χ1v) is 10.3. The third-order valence-electron chi connectivity index (χ3n) is 5.03. The second-order valence-electron chi connectivity index (χ2n) is 8.11. The van der Waals surface area contributed by atoms with Gasteiger partial charge >= 0.3 is 0 Å². The van der Waals surface area contributed by atoms with Crippen LogP contribution in [-0.4, -0.2) is 58.9 Å². The van der Waals surface area contributed by atoms with Crippen LogP contribution in [0.15, 0.2) is 42.6 Å². The molecule has 6 nitrogen and oxygen atoms in total. The Balaban J connectivity index is 1.74. The zero-order valence-corrected chi connectivity index (χ0v) is 17.8. The first-order chi connectivity index (χ1) is 14.8. The average molecular weight is 431 g/mol. The van der Waals surface area contributed by atoms with Crippen LogP contribution >= 0.6 is 0 Å². The Labute approximate surface area is 180 Å². The molecule has 1 fully saturated rings. The summed E-state index contributed by atoms with van der Waals surface area (Å²) < 4.78 is 33.5. The molecule has 8 heteroatoms. The molecular formula is C23H27F2N3O3. The van der Waals surface area contributed by atoms with Gasteiger partial charge < -0.3 is 14.5 Å². The predicted molar refractivity (Wildman–Crippen MR) is 111 cm³/mol. The Morgan fingerprint density at radius 2 is 2.00 bits per heavy atom. The van der Waals surface area contributed by atoms with Gasteiger partial charge in [0, 0.05) is 31.4 Å². The summed E-state index contributed by atoms with van der Waals surface area (Å²) in [4.78, 5) is 33.0. The van der Waals surface area contributed by atoms with Crippen LogP contribution in [-0.2, 0) is 27.4 Å². The summed E-state index contributed by atoms with van der Waals surface area (Å²) in [5, 5.41) is 0. The van der Waals surface area contributed by atoms with Gasteiger partial charge in [0.15, 0.2) is 11.6 Å². The van der Waals surface area contributed by atoms with E-state index in [1.54, 1.807) is 11.1 Å². The van der Waals surface area contributed by atoms with Crippen LogP contribution in [0.5, 0.6) is 0 Å². The Bertz CT molecular complexity index is 908. The summed E-state index contributed by atoms with van der Waals surface area (Å²) >= 11 is 0. The van der Waals surface area contributed by atoms with E-state index >= 15 is 0 Å². The molecule has 1 unspecified atom stereocenters. The fourth-order valence-corrected chi connectivity index (χ4v) is 3.54. The molecule has 0 N–H and O–H groups in total. The number of carbonyl (C=O) groups is 2. The van der Waals surface area contributed by atoms with Gasteiger partial charge in [0.2, 0.25) is 11.8 Å². The van der Waals surface area contributed by atoms with Crippen LogP contribution in [0, 0.1) is 17.6 Å². The third-order valence-corrected chi connectivity index (χ3v) is 5.03. The molecule has 2 aromatic rings. The van der Waals surface area contributed by atoms with Gasteiger partial charge in [0.05, 0.1) is 31.4 Å². The molecule has 1 atom stereocenters. The van der Waals surface area contributed by atoms with E-state index in [-0.39, 0.29) is 43.5 Å². The van der Waals surface area contributed by atoms with Crippen LogP contribution in [0.3, 0.4) is 0 Å². The molecule has 1 aromatic carbocycles. The molecule has 1 aliphatic heterocycles. The predicted octanol–water partition coefficient (Wildman–Crippen LogP) is 2.81.